The van der Waals surface area contributed by atoms with Gasteiger partial charge in [0.25, 0.3) is 0 Å². The van der Waals surface area contributed by atoms with Gasteiger partial charge in [0, 0.05) is 6.42 Å². The van der Waals surface area contributed by atoms with E-state index in [2.05, 4.69) is 0 Å². The van der Waals surface area contributed by atoms with Gasteiger partial charge < -0.3 is 43.7 Å². The van der Waals surface area contributed by atoms with Gasteiger partial charge in [-0.1, -0.05) is 60.7 Å². The van der Waals surface area contributed by atoms with Gasteiger partial charge in [0.05, 0.1) is 62.0 Å². The number of methoxy groups -OCH3 is 6. The molecule has 308 valence electrons. The molecule has 0 fully saturated rings. The fourth-order valence-electron chi connectivity index (χ4n) is 5.04. The van der Waals surface area contributed by atoms with E-state index in [4.69, 9.17) is 28.4 Å². The number of ether oxygens (including phenoxy) is 6. The number of ketones is 2. The van der Waals surface area contributed by atoms with E-state index in [1.54, 1.807) is 122 Å². The van der Waals surface area contributed by atoms with Crippen LogP contribution in [0.2, 0.25) is 0 Å². The Balaban J connectivity index is 0.000000335. The number of benzene rings is 4. The van der Waals surface area contributed by atoms with E-state index in [1.807, 2.05) is 18.2 Å². The first kappa shape index (κ1) is 47.7. The summed E-state index contributed by atoms with van der Waals surface area (Å²) in [6.45, 7) is 1.18. The third-order valence-corrected chi connectivity index (χ3v) is 8.05. The van der Waals surface area contributed by atoms with Gasteiger partial charge in [0.15, 0.2) is 46.1 Å². The van der Waals surface area contributed by atoms with Crippen molar-refractivity contribution in [1.29, 1.82) is 0 Å². The Hall–Kier alpha value is -6.47. The molecule has 12 nitrogen and oxygen atoms in total. The molecule has 4 rings (SSSR count). The molecular weight excluding hydrogens is 744 g/mol. The molecule has 0 saturated carbocycles. The Labute approximate surface area is 339 Å². The monoisotopic (exact) mass is 796 g/mol. The summed E-state index contributed by atoms with van der Waals surface area (Å²) in [5.74, 6) is 3.64. The topological polar surface area (TPSA) is 167 Å². The molecule has 0 amide bonds. The van der Waals surface area contributed by atoms with Crippen LogP contribution in [0.1, 0.15) is 46.7 Å². The first-order chi connectivity index (χ1) is 28.0. The van der Waals surface area contributed by atoms with Crippen LogP contribution < -0.4 is 28.4 Å². The highest BCUT2D eigenvalue weighted by Gasteiger charge is 2.08. The Bertz CT molecular complexity index is 2040. The standard InChI is InChI=1S/C23H26O6.C12H14O3.C11H12O3/c1-28-22-10-6-17(12-23(22)29-2)5-9-21(27)13-20(26)8-4-16-3-7-18(14-24)19(11-16)15-25;1-9(13)4-5-10-6-7-11(14-2)12(8-10)15-3;1-13-10-6-5-9(4-3-7-12)8-11(10)14-2/h3-12,20,24-26H,13-15H2,1-2H3;4-8H,1-3H3;3-8H,1-2H3/b8-4+,9-5+;5-4+;4-3+. The van der Waals surface area contributed by atoms with Crippen LogP contribution in [0.15, 0.2) is 97.1 Å². The highest BCUT2D eigenvalue weighted by Crippen LogP contribution is 2.30. The summed E-state index contributed by atoms with van der Waals surface area (Å²) in [7, 11) is 9.42. The second-order valence-corrected chi connectivity index (χ2v) is 12.1. The Morgan fingerprint density at radius 2 is 0.966 bits per heavy atom. The largest absolute Gasteiger partial charge is 0.493 e. The molecule has 0 aliphatic rings. The van der Waals surface area contributed by atoms with Crippen molar-refractivity contribution in [2.24, 2.45) is 0 Å². The van der Waals surface area contributed by atoms with E-state index in [-0.39, 0.29) is 31.2 Å². The molecule has 0 aliphatic carbocycles. The summed E-state index contributed by atoms with van der Waals surface area (Å²) in [5, 5.41) is 28.6. The third kappa shape index (κ3) is 16.3. The van der Waals surface area contributed by atoms with Gasteiger partial charge in [0.2, 0.25) is 0 Å². The maximum absolute atomic E-state index is 12.1. The molecule has 0 radical (unpaired) electrons. The highest BCUT2D eigenvalue weighted by molar-refractivity contribution is 5.94. The van der Waals surface area contributed by atoms with Crippen LogP contribution in [0, 0.1) is 0 Å². The summed E-state index contributed by atoms with van der Waals surface area (Å²) < 4.78 is 30.8. The van der Waals surface area contributed by atoms with E-state index in [0.29, 0.717) is 45.6 Å². The number of hydrogen-bond acceptors (Lipinski definition) is 12. The highest BCUT2D eigenvalue weighted by atomic mass is 16.5. The van der Waals surface area contributed by atoms with Gasteiger partial charge >= 0.3 is 0 Å². The van der Waals surface area contributed by atoms with Gasteiger partial charge in [-0.15, -0.1) is 0 Å². The zero-order valence-electron chi connectivity index (χ0n) is 33.8. The minimum Gasteiger partial charge on any atom is -0.493 e. The molecule has 0 aromatic heterocycles. The molecule has 0 heterocycles. The summed E-state index contributed by atoms with van der Waals surface area (Å²) in [6, 6.07) is 21.5. The molecule has 1 atom stereocenters. The minimum atomic E-state index is -0.937. The van der Waals surface area contributed by atoms with Crippen LogP contribution in [0.4, 0.5) is 0 Å². The number of carbonyl (C=O) groups excluding carboxylic acids is 3. The molecule has 4 aromatic carbocycles. The zero-order chi connectivity index (χ0) is 42.9. The van der Waals surface area contributed by atoms with Crippen LogP contribution in [-0.4, -0.2) is 81.9 Å². The van der Waals surface area contributed by atoms with E-state index >= 15 is 0 Å². The summed E-state index contributed by atoms with van der Waals surface area (Å²) >= 11 is 0. The average Bonchev–Trinajstić information content (AvgIpc) is 3.25. The number of carbonyl (C=O) groups is 3. The van der Waals surface area contributed by atoms with E-state index in [0.717, 1.165) is 28.5 Å². The van der Waals surface area contributed by atoms with Crippen molar-refractivity contribution in [2.75, 3.05) is 42.7 Å². The van der Waals surface area contributed by atoms with Crippen LogP contribution in [-0.2, 0) is 27.6 Å². The third-order valence-electron chi connectivity index (χ3n) is 8.05. The van der Waals surface area contributed by atoms with Crippen LogP contribution >= 0.6 is 0 Å². The van der Waals surface area contributed by atoms with Gasteiger partial charge in [0.1, 0.15) is 6.29 Å². The van der Waals surface area contributed by atoms with Gasteiger partial charge in [-0.2, -0.15) is 0 Å². The molecule has 0 aliphatic heterocycles. The van der Waals surface area contributed by atoms with Crippen molar-refractivity contribution >= 4 is 42.2 Å². The maximum Gasteiger partial charge on any atom is 0.161 e. The lowest BCUT2D eigenvalue weighted by atomic mass is 10.0. The number of rotatable bonds is 18. The lowest BCUT2D eigenvalue weighted by Gasteiger charge is -2.07. The Kier molecular flexibility index (Phi) is 21.7. The quantitative estimate of drug-likeness (QED) is 0.0701. The number of allylic oxidation sites excluding steroid dienone is 3. The second kappa shape index (κ2) is 26.4. The molecule has 0 saturated heterocycles. The average molecular weight is 797 g/mol. The lowest BCUT2D eigenvalue weighted by Crippen LogP contribution is -2.08. The van der Waals surface area contributed by atoms with Crippen LogP contribution in [0.5, 0.6) is 34.5 Å². The van der Waals surface area contributed by atoms with Crippen molar-refractivity contribution in [1.82, 2.24) is 0 Å². The molecule has 0 spiro atoms. The smallest absolute Gasteiger partial charge is 0.161 e. The molecule has 1 unspecified atom stereocenters. The zero-order valence-corrected chi connectivity index (χ0v) is 33.8. The number of hydrogen-bond donors (Lipinski definition) is 3. The van der Waals surface area contributed by atoms with Crippen molar-refractivity contribution in [2.45, 2.75) is 32.7 Å². The van der Waals surface area contributed by atoms with E-state index in [1.165, 1.54) is 31.2 Å². The van der Waals surface area contributed by atoms with Crippen molar-refractivity contribution in [3.05, 3.63) is 130 Å². The molecular formula is C46H52O12. The first-order valence-corrected chi connectivity index (χ1v) is 17.9. The number of aliphatic hydroxyl groups excluding tert-OH is 3. The predicted octanol–water partition coefficient (Wildman–Crippen LogP) is 6.96. The predicted molar refractivity (Wildman–Crippen MR) is 225 cm³/mol. The van der Waals surface area contributed by atoms with Gasteiger partial charge in [-0.05, 0) is 101 Å². The number of aldehydes is 1. The number of aliphatic hydroxyl groups is 3. The Morgan fingerprint density at radius 1 is 0.552 bits per heavy atom. The summed E-state index contributed by atoms with van der Waals surface area (Å²) in [4.78, 5) is 33.0. The maximum atomic E-state index is 12.1. The van der Waals surface area contributed by atoms with Crippen molar-refractivity contribution in [3.63, 3.8) is 0 Å². The molecule has 4 aromatic rings. The summed E-state index contributed by atoms with van der Waals surface area (Å²) in [5.41, 5.74) is 4.62. The molecule has 3 N–H and O–H groups in total. The fourth-order valence-corrected chi connectivity index (χ4v) is 5.04. The summed E-state index contributed by atoms with van der Waals surface area (Å²) in [6.07, 6.45) is 12.4. The minimum absolute atomic E-state index is 0.0183. The lowest BCUT2D eigenvalue weighted by molar-refractivity contribution is -0.116. The Morgan fingerprint density at radius 3 is 1.38 bits per heavy atom. The van der Waals surface area contributed by atoms with E-state index in [9.17, 15) is 29.7 Å². The van der Waals surface area contributed by atoms with Crippen LogP contribution in [0.25, 0.3) is 24.3 Å². The fraction of sp³-hybridized carbons (Fsp3) is 0.239. The van der Waals surface area contributed by atoms with E-state index < -0.39 is 6.10 Å². The van der Waals surface area contributed by atoms with Crippen molar-refractivity contribution in [3.8, 4) is 34.5 Å². The van der Waals surface area contributed by atoms with Gasteiger partial charge in [-0.3, -0.25) is 14.4 Å². The molecule has 58 heavy (non-hydrogen) atoms. The first-order valence-electron chi connectivity index (χ1n) is 17.9. The SMILES string of the molecule is COc1ccc(/C=C/C(=O)CC(O)/C=C/c2ccc(CO)c(CO)c2)cc1OC.COc1ccc(/C=C/C(C)=O)cc1OC.COc1ccc(/C=C/C=O)cc1OC. The second-order valence-electron chi connectivity index (χ2n) is 12.1. The molecule has 0 bridgehead atoms. The molecule has 12 heteroatoms. The van der Waals surface area contributed by atoms with Gasteiger partial charge in [-0.25, -0.2) is 0 Å². The van der Waals surface area contributed by atoms with Crippen molar-refractivity contribution < 1.29 is 58.1 Å². The van der Waals surface area contributed by atoms with Crippen LogP contribution in [0.3, 0.4) is 0 Å². The normalized spacial score (nSPS) is 11.3.